The van der Waals surface area contributed by atoms with Crippen molar-refractivity contribution in [3.8, 4) is 52.0 Å². The molecule has 0 aromatic heterocycles. The van der Waals surface area contributed by atoms with Gasteiger partial charge >= 0.3 is 5.97 Å². The summed E-state index contributed by atoms with van der Waals surface area (Å²) in [6, 6.07) is 58.4. The zero-order valence-electron chi connectivity index (χ0n) is 48.0. The molecule has 7 aromatic carbocycles. The first-order valence-corrected chi connectivity index (χ1v) is 30.2. The molecule has 4 nitrogen and oxygen atoms in total. The normalized spacial score (nSPS) is 13.2. The molecule has 0 radical (unpaired) electrons. The summed E-state index contributed by atoms with van der Waals surface area (Å²) in [5.74, 6) is 13.0. The molecule has 7 aromatic rings. The molecule has 0 aliphatic heterocycles. The smallest absolute Gasteiger partial charge is 0.346 e. The highest BCUT2D eigenvalue weighted by Gasteiger charge is 2.43. The fourth-order valence-corrected chi connectivity index (χ4v) is 13.0. The van der Waals surface area contributed by atoms with Crippen molar-refractivity contribution in [1.82, 2.24) is 0 Å². The van der Waals surface area contributed by atoms with Crippen LogP contribution in [0.25, 0.3) is 28.3 Å². The molecule has 0 amide bonds. The second-order valence-electron chi connectivity index (χ2n) is 22.5. The molecule has 9 rings (SSSR count). The van der Waals surface area contributed by atoms with Gasteiger partial charge in [0.05, 0.1) is 0 Å². The summed E-state index contributed by atoms with van der Waals surface area (Å²) >= 11 is 0. The molecule has 2 aliphatic carbocycles. The van der Waals surface area contributed by atoms with Crippen molar-refractivity contribution in [2.45, 2.75) is 167 Å². The van der Waals surface area contributed by atoms with Crippen LogP contribution in [0.5, 0.6) is 0 Å². The van der Waals surface area contributed by atoms with Crippen LogP contribution in [0.15, 0.2) is 163 Å². The van der Waals surface area contributed by atoms with Gasteiger partial charge in [-0.2, -0.15) is 5.26 Å². The van der Waals surface area contributed by atoms with E-state index in [9.17, 15) is 15.2 Å². The topological polar surface area (TPSA) is 64.3 Å². The van der Waals surface area contributed by atoms with Crippen molar-refractivity contribution in [3.05, 3.63) is 213 Å². The third-order valence-corrected chi connectivity index (χ3v) is 17.1. The summed E-state index contributed by atoms with van der Waals surface area (Å²) < 4.78 is 0. The van der Waals surface area contributed by atoms with Gasteiger partial charge in [0.25, 0.3) is 0 Å². The monoisotopic (exact) mass is 1050 g/mol. The molecule has 4 heteroatoms. The van der Waals surface area contributed by atoms with E-state index >= 15 is 0 Å². The van der Waals surface area contributed by atoms with Crippen LogP contribution in [0.2, 0.25) is 0 Å². The van der Waals surface area contributed by atoms with Crippen LogP contribution < -0.4 is 4.90 Å². The highest BCUT2D eigenvalue weighted by molar-refractivity contribution is 5.96. The Morgan fingerprint density at radius 2 is 0.762 bits per heavy atom. The zero-order chi connectivity index (χ0) is 55.7. The first-order chi connectivity index (χ1) is 39.2. The highest BCUT2D eigenvalue weighted by Crippen LogP contribution is 2.56. The van der Waals surface area contributed by atoms with Crippen molar-refractivity contribution in [1.29, 1.82) is 5.26 Å². The Hall–Kier alpha value is -7.84. The van der Waals surface area contributed by atoms with Gasteiger partial charge in [-0.3, -0.25) is 0 Å². The van der Waals surface area contributed by atoms with Crippen LogP contribution in [-0.4, -0.2) is 11.1 Å². The molecule has 0 bridgehead atoms. The van der Waals surface area contributed by atoms with Gasteiger partial charge in [0.1, 0.15) is 11.6 Å². The number of hydrogen-bond acceptors (Lipinski definition) is 3. The minimum atomic E-state index is -1.25. The van der Waals surface area contributed by atoms with Crippen molar-refractivity contribution >= 4 is 29.1 Å². The van der Waals surface area contributed by atoms with Gasteiger partial charge in [0.15, 0.2) is 0 Å². The fraction of sp³-hybridized carbons (Fsp3) is 0.342. The summed E-state index contributed by atoms with van der Waals surface area (Å²) in [5.41, 5.74) is 18.4. The quantitative estimate of drug-likeness (QED) is 0.0268. The number of fused-ring (bicyclic) bond motifs is 6. The Labute approximate surface area is 479 Å². The van der Waals surface area contributed by atoms with Crippen molar-refractivity contribution < 1.29 is 9.90 Å². The minimum Gasteiger partial charge on any atom is -0.477 e. The van der Waals surface area contributed by atoms with E-state index < -0.39 is 5.97 Å². The van der Waals surface area contributed by atoms with Gasteiger partial charge in [-0.05, 0) is 167 Å². The van der Waals surface area contributed by atoms with E-state index in [1.54, 1.807) is 6.07 Å². The lowest BCUT2D eigenvalue weighted by Gasteiger charge is -2.33. The number of hydrogen-bond donors (Lipinski definition) is 1. The maximum atomic E-state index is 11.7. The molecule has 1 N–H and O–H groups in total. The molecular weight excluding hydrogens is 973 g/mol. The van der Waals surface area contributed by atoms with E-state index in [1.807, 2.05) is 24.3 Å². The van der Waals surface area contributed by atoms with Crippen molar-refractivity contribution in [2.24, 2.45) is 0 Å². The van der Waals surface area contributed by atoms with Gasteiger partial charge in [-0.1, -0.05) is 227 Å². The largest absolute Gasteiger partial charge is 0.477 e. The Balaban J connectivity index is 1.01. The molecule has 0 heterocycles. The average Bonchev–Trinajstić information content (AvgIpc) is 4.04. The van der Waals surface area contributed by atoms with Gasteiger partial charge in [0, 0.05) is 50.1 Å². The molecule has 0 fully saturated rings. The average molecular weight is 1050 g/mol. The molecule has 0 atom stereocenters. The molecule has 80 heavy (non-hydrogen) atoms. The van der Waals surface area contributed by atoms with Gasteiger partial charge in [-0.15, -0.1) is 0 Å². The second-order valence-corrected chi connectivity index (χ2v) is 22.5. The summed E-state index contributed by atoms with van der Waals surface area (Å²) in [5, 5.41) is 19.0. The third kappa shape index (κ3) is 12.8. The number of benzene rings is 7. The van der Waals surface area contributed by atoms with Gasteiger partial charge in [0.2, 0.25) is 0 Å². The summed E-state index contributed by atoms with van der Waals surface area (Å²) in [4.78, 5) is 13.9. The van der Waals surface area contributed by atoms with Crippen molar-refractivity contribution in [3.63, 3.8) is 0 Å². The van der Waals surface area contributed by atoms with Crippen LogP contribution in [0.1, 0.15) is 206 Å². The molecule has 406 valence electrons. The first-order valence-electron chi connectivity index (χ1n) is 30.2. The second kappa shape index (κ2) is 27.4. The molecule has 0 saturated heterocycles. The number of aliphatic carboxylic acids is 1. The Kier molecular flexibility index (Phi) is 19.4. The number of unbranched alkanes of at least 4 members (excludes halogenated alkanes) is 12. The lowest BCUT2D eigenvalue weighted by molar-refractivity contribution is -0.132. The lowest BCUT2D eigenvalue weighted by atomic mass is 9.70. The number of carboxylic acid groups (broad SMARTS) is 1. The Morgan fingerprint density at radius 3 is 1.12 bits per heavy atom. The predicted molar refractivity (Wildman–Crippen MR) is 335 cm³/mol. The Bertz CT molecular complexity index is 3230. The maximum Gasteiger partial charge on any atom is 0.346 e. The lowest BCUT2D eigenvalue weighted by Crippen LogP contribution is -2.25. The number of anilines is 3. The number of carboxylic acids is 1. The Morgan fingerprint density at radius 1 is 0.425 bits per heavy atom. The van der Waals surface area contributed by atoms with E-state index in [0.29, 0.717) is 5.56 Å². The molecular formula is C76H80N2O2. The van der Waals surface area contributed by atoms with Gasteiger partial charge < -0.3 is 10.0 Å². The van der Waals surface area contributed by atoms with E-state index in [1.165, 1.54) is 179 Å². The van der Waals surface area contributed by atoms with Crippen LogP contribution in [-0.2, 0) is 15.6 Å². The van der Waals surface area contributed by atoms with E-state index in [2.05, 4.69) is 190 Å². The third-order valence-electron chi connectivity index (χ3n) is 17.1. The van der Waals surface area contributed by atoms with Crippen LogP contribution in [0.3, 0.4) is 0 Å². The number of nitriles is 1. The van der Waals surface area contributed by atoms with E-state index in [-0.39, 0.29) is 16.4 Å². The summed E-state index contributed by atoms with van der Waals surface area (Å²) in [6.07, 6.45) is 26.1. The maximum absolute atomic E-state index is 11.7. The van der Waals surface area contributed by atoms with Crippen LogP contribution >= 0.6 is 0 Å². The standard InChI is InChI=1S/C76H80N2O2/c1-5-9-13-21-49-75(50-22-14-10-6-2)70-27-19-17-25-66(70)68-47-39-60(54-72(68)75)31-29-57-33-41-63(42-34-57)78(65-45-37-59(38-46-65)53-62(56-77)74(79)80)64-43-35-58(36-44-64)30-32-61-40-48-69-67-26-18-20-28-71(67)76(73(69)55-61,51-23-15-11-7-3)52-24-16-12-8-4/h17-20,25-28,33-48,53-55H,5-16,21-24,49-52H2,1-4H3,(H,79,80)/b62-53-. The SMILES string of the molecule is CCCCCCC1(CCCCCC)c2ccccc2-c2ccc(C#Cc3ccc(N(c4ccc(C#Cc5ccc6c(c5)C(CCCCCC)(CCCCCC)c5ccccc5-6)cc4)c4ccc(/C=C(/C#N)C(=O)O)cc4)cc3)cc21. The minimum absolute atomic E-state index is 0.00746. The fourth-order valence-electron chi connectivity index (χ4n) is 13.0. The first kappa shape index (κ1) is 56.9. The van der Waals surface area contributed by atoms with Crippen LogP contribution in [0, 0.1) is 35.0 Å². The van der Waals surface area contributed by atoms with Crippen LogP contribution in [0.4, 0.5) is 17.1 Å². The number of carbonyl (C=O) groups is 1. The zero-order valence-corrected chi connectivity index (χ0v) is 48.0. The van der Waals surface area contributed by atoms with E-state index in [0.717, 1.165) is 39.3 Å². The van der Waals surface area contributed by atoms with E-state index in [4.69, 9.17) is 0 Å². The number of rotatable bonds is 25. The number of nitrogens with zero attached hydrogens (tertiary/aromatic N) is 2. The molecule has 0 unspecified atom stereocenters. The summed E-state index contributed by atoms with van der Waals surface area (Å²) in [6.45, 7) is 9.18. The molecule has 0 spiro atoms. The highest BCUT2D eigenvalue weighted by atomic mass is 16.4. The molecule has 0 saturated carbocycles. The molecule has 2 aliphatic rings. The van der Waals surface area contributed by atoms with Crippen molar-refractivity contribution in [2.75, 3.05) is 4.90 Å². The summed E-state index contributed by atoms with van der Waals surface area (Å²) in [7, 11) is 0. The van der Waals surface area contributed by atoms with Gasteiger partial charge in [-0.25, -0.2) is 4.79 Å². The predicted octanol–water partition coefficient (Wildman–Crippen LogP) is 20.4.